The van der Waals surface area contributed by atoms with Crippen molar-refractivity contribution in [3.63, 3.8) is 0 Å². The van der Waals surface area contributed by atoms with Crippen LogP contribution in [0, 0.1) is 5.82 Å². The van der Waals surface area contributed by atoms with Crippen LogP contribution in [-0.2, 0) is 0 Å². The Hall–Kier alpha value is -4.34. The van der Waals surface area contributed by atoms with Gasteiger partial charge in [-0.05, 0) is 36.4 Å². The molecule has 144 valence electrons. The minimum atomic E-state index is -1.10. The average Bonchev–Trinajstić information content (AvgIpc) is 3.03. The van der Waals surface area contributed by atoms with Gasteiger partial charge in [-0.2, -0.15) is 0 Å². The molecule has 10 heteroatoms. The van der Waals surface area contributed by atoms with Gasteiger partial charge >= 0.3 is 11.7 Å². The fourth-order valence-electron chi connectivity index (χ4n) is 2.88. The number of hydrogen-bond acceptors (Lipinski definition) is 5. The van der Waals surface area contributed by atoms with Crippen LogP contribution in [-0.4, -0.2) is 36.5 Å². The van der Waals surface area contributed by atoms with E-state index in [1.54, 1.807) is 0 Å². The summed E-state index contributed by atoms with van der Waals surface area (Å²) in [5.74, 6) is -2.39. The van der Waals surface area contributed by atoms with Crippen LogP contribution in [0.2, 0.25) is 0 Å². The molecule has 4 rings (SSSR count). The lowest BCUT2D eigenvalue weighted by Gasteiger charge is -2.07. The number of H-pyrrole nitrogens is 1. The summed E-state index contributed by atoms with van der Waals surface area (Å²) in [5.41, 5.74) is 5.52. The predicted molar refractivity (Wildman–Crippen MR) is 100 cm³/mol. The van der Waals surface area contributed by atoms with Gasteiger partial charge in [0.1, 0.15) is 11.3 Å². The van der Waals surface area contributed by atoms with Crippen LogP contribution in [0.1, 0.15) is 20.8 Å². The highest BCUT2D eigenvalue weighted by atomic mass is 19.1. The molecule has 4 N–H and O–H groups in total. The summed E-state index contributed by atoms with van der Waals surface area (Å²) < 4.78 is 14.4. The van der Waals surface area contributed by atoms with E-state index in [9.17, 15) is 18.8 Å². The van der Waals surface area contributed by atoms with Crippen molar-refractivity contribution in [3.05, 3.63) is 76.1 Å². The Bertz CT molecular complexity index is 1320. The van der Waals surface area contributed by atoms with E-state index in [1.807, 2.05) is 0 Å². The summed E-state index contributed by atoms with van der Waals surface area (Å²) in [5, 5.41) is 9.03. The molecule has 0 aliphatic rings. The monoisotopic (exact) mass is 393 g/mol. The standard InChI is InChI=1S/C19H12FN5O4/c20-11-5-7-12(8-6-11)25-17-14(23-19(25)29)13(15(21)26)22-16(24-17)9-1-3-10(4-2-9)18(27)28/h1-8H,(H2,21,26)(H,23,29)(H,27,28). The van der Waals surface area contributed by atoms with E-state index in [4.69, 9.17) is 10.8 Å². The molecule has 0 aliphatic carbocycles. The number of carbonyl (C=O) groups excluding carboxylic acids is 1. The van der Waals surface area contributed by atoms with Crippen LogP contribution in [0.15, 0.2) is 53.3 Å². The second-order valence-corrected chi connectivity index (χ2v) is 6.08. The van der Waals surface area contributed by atoms with Gasteiger partial charge in [-0.25, -0.2) is 28.5 Å². The van der Waals surface area contributed by atoms with E-state index in [1.165, 1.54) is 48.5 Å². The number of fused-ring (bicyclic) bond motifs is 1. The van der Waals surface area contributed by atoms with Crippen LogP contribution >= 0.6 is 0 Å². The first kappa shape index (κ1) is 18.0. The fraction of sp³-hybridized carbons (Fsp3) is 0. The number of halogens is 1. The largest absolute Gasteiger partial charge is 0.478 e. The SMILES string of the molecule is NC(=O)c1nc(-c2ccc(C(=O)O)cc2)nc2c1[nH]c(=O)n2-c1ccc(F)cc1. The van der Waals surface area contributed by atoms with Crippen LogP contribution in [0.4, 0.5) is 4.39 Å². The lowest BCUT2D eigenvalue weighted by atomic mass is 10.1. The number of hydrogen-bond donors (Lipinski definition) is 3. The number of amides is 1. The topological polar surface area (TPSA) is 144 Å². The Morgan fingerprint density at radius 1 is 1.03 bits per heavy atom. The number of carbonyl (C=O) groups is 2. The van der Waals surface area contributed by atoms with Crippen molar-refractivity contribution in [1.82, 2.24) is 19.5 Å². The number of benzene rings is 2. The van der Waals surface area contributed by atoms with Crippen molar-refractivity contribution in [2.75, 3.05) is 0 Å². The third-order valence-electron chi connectivity index (χ3n) is 4.25. The number of aromatic nitrogens is 4. The maximum atomic E-state index is 13.3. The first-order valence-electron chi connectivity index (χ1n) is 8.27. The summed E-state index contributed by atoms with van der Waals surface area (Å²) in [6, 6.07) is 10.8. The Morgan fingerprint density at radius 3 is 2.28 bits per heavy atom. The van der Waals surface area contributed by atoms with Gasteiger partial charge in [-0.15, -0.1) is 0 Å². The normalized spacial score (nSPS) is 10.9. The molecular formula is C19H12FN5O4. The molecule has 0 atom stereocenters. The molecule has 0 aliphatic heterocycles. The molecular weight excluding hydrogens is 381 g/mol. The highest BCUT2D eigenvalue weighted by Gasteiger charge is 2.20. The van der Waals surface area contributed by atoms with Gasteiger partial charge in [0.15, 0.2) is 17.2 Å². The molecule has 0 saturated carbocycles. The van der Waals surface area contributed by atoms with Crippen LogP contribution in [0.3, 0.4) is 0 Å². The molecule has 2 heterocycles. The zero-order valence-corrected chi connectivity index (χ0v) is 14.6. The predicted octanol–water partition coefficient (Wildman–Crippen LogP) is 1.71. The number of nitrogens with one attached hydrogen (secondary N) is 1. The molecule has 0 bridgehead atoms. The van der Waals surface area contributed by atoms with E-state index >= 15 is 0 Å². The molecule has 2 aromatic carbocycles. The number of nitrogens with zero attached hydrogens (tertiary/aromatic N) is 3. The minimum absolute atomic E-state index is 0.0396. The second kappa shape index (κ2) is 6.68. The van der Waals surface area contributed by atoms with Gasteiger partial charge in [0, 0.05) is 5.56 Å². The smallest absolute Gasteiger partial charge is 0.335 e. The summed E-state index contributed by atoms with van der Waals surface area (Å²) in [6.45, 7) is 0. The summed E-state index contributed by atoms with van der Waals surface area (Å²) in [6.07, 6.45) is 0. The Labute approximate surface area is 161 Å². The van der Waals surface area contributed by atoms with E-state index in [0.29, 0.717) is 11.3 Å². The lowest BCUT2D eigenvalue weighted by molar-refractivity contribution is 0.0696. The summed E-state index contributed by atoms with van der Waals surface area (Å²) in [7, 11) is 0. The van der Waals surface area contributed by atoms with Crippen molar-refractivity contribution < 1.29 is 19.1 Å². The Balaban J connectivity index is 1.99. The molecule has 0 fully saturated rings. The van der Waals surface area contributed by atoms with Crippen LogP contribution < -0.4 is 11.4 Å². The third kappa shape index (κ3) is 3.12. The molecule has 2 aromatic heterocycles. The summed E-state index contributed by atoms with van der Waals surface area (Å²) in [4.78, 5) is 46.4. The number of carboxylic acid groups (broad SMARTS) is 1. The van der Waals surface area contributed by atoms with E-state index in [2.05, 4.69) is 15.0 Å². The Kier molecular flexibility index (Phi) is 4.15. The fourth-order valence-corrected chi connectivity index (χ4v) is 2.88. The maximum absolute atomic E-state index is 13.3. The number of imidazole rings is 1. The molecule has 0 unspecified atom stereocenters. The molecule has 0 saturated heterocycles. The van der Waals surface area contributed by atoms with Gasteiger partial charge in [0.25, 0.3) is 5.91 Å². The van der Waals surface area contributed by atoms with Crippen LogP contribution in [0.25, 0.3) is 28.2 Å². The van der Waals surface area contributed by atoms with Crippen LogP contribution in [0.5, 0.6) is 0 Å². The lowest BCUT2D eigenvalue weighted by Crippen LogP contribution is -2.15. The summed E-state index contributed by atoms with van der Waals surface area (Å²) >= 11 is 0. The van der Waals surface area contributed by atoms with Crippen molar-refractivity contribution >= 4 is 23.0 Å². The van der Waals surface area contributed by atoms with E-state index < -0.39 is 23.4 Å². The zero-order valence-electron chi connectivity index (χ0n) is 14.6. The molecule has 9 nitrogen and oxygen atoms in total. The highest BCUT2D eigenvalue weighted by Crippen LogP contribution is 2.22. The second-order valence-electron chi connectivity index (χ2n) is 6.08. The molecule has 0 radical (unpaired) electrons. The number of aromatic carboxylic acids is 1. The number of nitrogens with two attached hydrogens (primary N) is 1. The van der Waals surface area contributed by atoms with Gasteiger partial charge in [0.05, 0.1) is 11.3 Å². The Morgan fingerprint density at radius 2 is 1.69 bits per heavy atom. The third-order valence-corrected chi connectivity index (χ3v) is 4.25. The van der Waals surface area contributed by atoms with Gasteiger partial charge in [-0.1, -0.05) is 12.1 Å². The maximum Gasteiger partial charge on any atom is 0.335 e. The number of carboxylic acids is 1. The quantitative estimate of drug-likeness (QED) is 0.481. The van der Waals surface area contributed by atoms with Crippen molar-refractivity contribution in [1.29, 1.82) is 0 Å². The van der Waals surface area contributed by atoms with E-state index in [0.717, 1.165) is 4.57 Å². The molecule has 4 aromatic rings. The van der Waals surface area contributed by atoms with Crippen molar-refractivity contribution in [2.24, 2.45) is 5.73 Å². The van der Waals surface area contributed by atoms with Gasteiger partial charge in [0.2, 0.25) is 0 Å². The molecule has 1 amide bonds. The first-order valence-corrected chi connectivity index (χ1v) is 8.27. The van der Waals surface area contributed by atoms with Gasteiger partial charge < -0.3 is 15.8 Å². The number of rotatable bonds is 4. The molecule has 29 heavy (non-hydrogen) atoms. The highest BCUT2D eigenvalue weighted by molar-refractivity contribution is 6.02. The average molecular weight is 393 g/mol. The number of primary amides is 1. The first-order chi connectivity index (χ1) is 13.8. The van der Waals surface area contributed by atoms with Crippen molar-refractivity contribution in [3.8, 4) is 17.1 Å². The minimum Gasteiger partial charge on any atom is -0.478 e. The molecule has 0 spiro atoms. The number of aromatic amines is 1. The zero-order chi connectivity index (χ0) is 20.7. The van der Waals surface area contributed by atoms with E-state index in [-0.39, 0.29) is 28.2 Å². The van der Waals surface area contributed by atoms with Crippen molar-refractivity contribution in [2.45, 2.75) is 0 Å². The van der Waals surface area contributed by atoms with Gasteiger partial charge in [-0.3, -0.25) is 4.79 Å².